The molecule has 0 saturated carbocycles. The number of halogens is 5. The molecular weight excluding hydrogens is 269 g/mol. The molecule has 0 amide bonds. The van der Waals surface area contributed by atoms with Gasteiger partial charge in [0.15, 0.2) is 5.03 Å². The lowest BCUT2D eigenvalue weighted by molar-refractivity contribution is -0.137. The number of carbonyl (C=O) groups excluding carboxylic acids is 1. The lowest BCUT2D eigenvalue weighted by Crippen LogP contribution is -1.94. The van der Waals surface area contributed by atoms with Crippen molar-refractivity contribution in [3.05, 3.63) is 19.6 Å². The molecule has 7 heteroatoms. The summed E-state index contributed by atoms with van der Waals surface area (Å²) in [5.74, 6) is -1.66. The standard InChI is InChI=1S/C5Cl5O2/c6-1(2(7)4(9)10)3(8)5(11)12. The minimum atomic E-state index is -1.66. The minimum absolute atomic E-state index is 0.339. The van der Waals surface area contributed by atoms with Crippen LogP contribution in [0, 0.1) is 0 Å². The number of allylic oxidation sites excluding steroid dienone is 2. The van der Waals surface area contributed by atoms with Gasteiger partial charge < -0.3 is 0 Å². The molecule has 12 heavy (non-hydrogen) atoms. The Kier molecular flexibility index (Phi) is 5.37. The molecule has 0 aromatic carbocycles. The van der Waals surface area contributed by atoms with E-state index in [1.54, 1.807) is 0 Å². The van der Waals surface area contributed by atoms with Gasteiger partial charge in [0.1, 0.15) is 4.49 Å². The summed E-state index contributed by atoms with van der Waals surface area (Å²) in [6, 6.07) is 0. The molecule has 67 valence electrons. The molecule has 0 aliphatic heterocycles. The van der Waals surface area contributed by atoms with Crippen molar-refractivity contribution in [3.63, 3.8) is 0 Å². The second kappa shape index (κ2) is 5.20. The van der Waals surface area contributed by atoms with Gasteiger partial charge in [-0.05, 0) is 0 Å². The Hall–Kier alpha value is 0.400. The highest BCUT2D eigenvalue weighted by Crippen LogP contribution is 2.31. The van der Waals surface area contributed by atoms with Gasteiger partial charge in [-0.15, -0.1) is 0 Å². The molecule has 0 aromatic heterocycles. The highest BCUT2D eigenvalue weighted by molar-refractivity contribution is 6.62. The van der Waals surface area contributed by atoms with Crippen molar-refractivity contribution >= 4 is 64.0 Å². The SMILES string of the molecule is [O]C(=O)C(Cl)=C(Cl)C(Cl)=C(Cl)Cl. The fraction of sp³-hybridized carbons (Fsp3) is 0. The molecule has 0 aromatic rings. The summed E-state index contributed by atoms with van der Waals surface area (Å²) in [6.45, 7) is 0. The van der Waals surface area contributed by atoms with Gasteiger partial charge in [-0.2, -0.15) is 0 Å². The van der Waals surface area contributed by atoms with Crippen molar-refractivity contribution in [2.24, 2.45) is 0 Å². The molecule has 1 radical (unpaired) electrons. The maximum atomic E-state index is 10.1. The van der Waals surface area contributed by atoms with Crippen molar-refractivity contribution in [2.45, 2.75) is 0 Å². The molecule has 0 unspecified atom stereocenters. The maximum absolute atomic E-state index is 10.1. The van der Waals surface area contributed by atoms with Crippen LogP contribution in [0.2, 0.25) is 0 Å². The molecule has 0 saturated heterocycles. The lowest BCUT2D eigenvalue weighted by Gasteiger charge is -1.96. The molecular formula is C5Cl5O2. The van der Waals surface area contributed by atoms with Crippen LogP contribution < -0.4 is 0 Å². The summed E-state index contributed by atoms with van der Waals surface area (Å²) >= 11 is 26.2. The molecule has 0 N–H and O–H groups in total. The third-order valence-corrected chi connectivity index (χ3v) is 2.59. The van der Waals surface area contributed by atoms with Gasteiger partial charge in [-0.25, -0.2) is 9.90 Å². The van der Waals surface area contributed by atoms with Crippen molar-refractivity contribution in [1.29, 1.82) is 0 Å². The highest BCUT2D eigenvalue weighted by atomic mass is 35.5. The van der Waals surface area contributed by atoms with E-state index >= 15 is 0 Å². The predicted molar refractivity (Wildman–Crippen MR) is 49.0 cm³/mol. The van der Waals surface area contributed by atoms with Crippen LogP contribution in [0.3, 0.4) is 0 Å². The van der Waals surface area contributed by atoms with E-state index < -0.39 is 16.0 Å². The summed E-state index contributed by atoms with van der Waals surface area (Å²) in [5.41, 5.74) is 0. The van der Waals surface area contributed by atoms with Crippen LogP contribution in [-0.4, -0.2) is 5.97 Å². The first-order chi connectivity index (χ1) is 5.37. The number of hydrogen-bond acceptors (Lipinski definition) is 1. The maximum Gasteiger partial charge on any atom is 0.399 e. The summed E-state index contributed by atoms with van der Waals surface area (Å²) < 4.78 is -0.374. The quantitative estimate of drug-likeness (QED) is 0.558. The summed E-state index contributed by atoms with van der Waals surface area (Å²) in [6.07, 6.45) is 0. The van der Waals surface area contributed by atoms with Crippen LogP contribution in [0.25, 0.3) is 0 Å². The van der Waals surface area contributed by atoms with E-state index in [1.165, 1.54) is 0 Å². The molecule has 0 bridgehead atoms. The summed E-state index contributed by atoms with van der Waals surface area (Å²) in [7, 11) is 0. The van der Waals surface area contributed by atoms with Crippen LogP contribution in [0.5, 0.6) is 0 Å². The minimum Gasteiger partial charge on any atom is -0.240 e. The Morgan fingerprint density at radius 1 is 0.750 bits per heavy atom. The normalized spacial score (nSPS) is 12.1. The third-order valence-electron chi connectivity index (χ3n) is 0.731. The Bertz CT molecular complexity index is 263. The van der Waals surface area contributed by atoms with Crippen LogP contribution in [0.15, 0.2) is 19.6 Å². The van der Waals surface area contributed by atoms with Gasteiger partial charge in [-0.1, -0.05) is 58.0 Å². The average molecular weight is 269 g/mol. The van der Waals surface area contributed by atoms with Gasteiger partial charge in [0.2, 0.25) is 0 Å². The Morgan fingerprint density at radius 3 is 1.42 bits per heavy atom. The first-order valence-corrected chi connectivity index (χ1v) is 4.24. The fourth-order valence-electron chi connectivity index (χ4n) is 0.269. The topological polar surface area (TPSA) is 37.0 Å². The van der Waals surface area contributed by atoms with Crippen LogP contribution >= 0.6 is 58.0 Å². The largest absolute Gasteiger partial charge is 0.399 e. The zero-order valence-corrected chi connectivity index (χ0v) is 8.99. The molecule has 0 heterocycles. The van der Waals surface area contributed by atoms with Crippen LogP contribution in [0.1, 0.15) is 0 Å². The van der Waals surface area contributed by atoms with E-state index in [0.29, 0.717) is 0 Å². The molecule has 0 aliphatic carbocycles. The zero-order valence-electron chi connectivity index (χ0n) is 5.21. The Morgan fingerprint density at radius 2 is 1.17 bits per heavy atom. The van der Waals surface area contributed by atoms with E-state index in [2.05, 4.69) is 0 Å². The Balaban J connectivity index is 5.06. The van der Waals surface area contributed by atoms with E-state index in [1.807, 2.05) is 0 Å². The van der Waals surface area contributed by atoms with Gasteiger partial charge in [0.05, 0.1) is 10.1 Å². The van der Waals surface area contributed by atoms with Crippen molar-refractivity contribution < 1.29 is 9.90 Å². The first-order valence-electron chi connectivity index (χ1n) is 2.35. The lowest BCUT2D eigenvalue weighted by atomic mass is 10.5. The smallest absolute Gasteiger partial charge is 0.240 e. The van der Waals surface area contributed by atoms with E-state index in [9.17, 15) is 9.90 Å². The van der Waals surface area contributed by atoms with Crippen molar-refractivity contribution in [1.82, 2.24) is 0 Å². The van der Waals surface area contributed by atoms with Crippen molar-refractivity contribution in [2.75, 3.05) is 0 Å². The second-order valence-electron chi connectivity index (χ2n) is 1.49. The molecule has 0 spiro atoms. The monoisotopic (exact) mass is 267 g/mol. The molecule has 0 fully saturated rings. The van der Waals surface area contributed by atoms with Gasteiger partial charge in [-0.3, -0.25) is 0 Å². The number of carbonyl (C=O) groups is 1. The van der Waals surface area contributed by atoms with Crippen LogP contribution in [0.4, 0.5) is 0 Å². The van der Waals surface area contributed by atoms with E-state index in [0.717, 1.165) is 0 Å². The number of hydrogen-bond donors (Lipinski definition) is 0. The Labute approximate surface area is 93.3 Å². The molecule has 2 nitrogen and oxygen atoms in total. The van der Waals surface area contributed by atoms with E-state index in [4.69, 9.17) is 58.0 Å². The first kappa shape index (κ1) is 12.4. The van der Waals surface area contributed by atoms with Gasteiger partial charge in [0.25, 0.3) is 0 Å². The van der Waals surface area contributed by atoms with Crippen molar-refractivity contribution in [3.8, 4) is 0 Å². The fourth-order valence-corrected chi connectivity index (χ4v) is 0.964. The molecule has 0 aliphatic rings. The predicted octanol–water partition coefficient (Wildman–Crippen LogP) is 3.52. The molecule has 0 atom stereocenters. The van der Waals surface area contributed by atoms with Gasteiger partial charge >= 0.3 is 5.97 Å². The summed E-state index contributed by atoms with van der Waals surface area (Å²) in [5, 5.41) is 8.57. The third kappa shape index (κ3) is 3.42. The average Bonchev–Trinajstić information content (AvgIpc) is 2.00. The van der Waals surface area contributed by atoms with E-state index in [-0.39, 0.29) is 9.52 Å². The highest BCUT2D eigenvalue weighted by Gasteiger charge is 2.16. The van der Waals surface area contributed by atoms with Gasteiger partial charge in [0, 0.05) is 0 Å². The van der Waals surface area contributed by atoms with Crippen LogP contribution in [-0.2, 0) is 9.90 Å². The zero-order chi connectivity index (χ0) is 9.89. The summed E-state index contributed by atoms with van der Waals surface area (Å²) in [4.78, 5) is 10.1. The number of rotatable bonds is 2. The second-order valence-corrected chi connectivity index (χ2v) is 3.57. The molecule has 0 rings (SSSR count).